The van der Waals surface area contributed by atoms with E-state index in [9.17, 15) is 9.59 Å². The van der Waals surface area contributed by atoms with Gasteiger partial charge in [0.15, 0.2) is 5.82 Å². The molecule has 27 heavy (non-hydrogen) atoms. The lowest BCUT2D eigenvalue weighted by atomic mass is 10.1. The smallest absolute Gasteiger partial charge is 0.274 e. The molecule has 3 aromatic rings. The first-order valence-electron chi connectivity index (χ1n) is 7.24. The summed E-state index contributed by atoms with van der Waals surface area (Å²) in [6, 6.07) is 8.02. The highest BCUT2D eigenvalue weighted by Gasteiger charge is 2.22. The lowest BCUT2D eigenvalue weighted by molar-refractivity contribution is 0.100. The highest BCUT2D eigenvalue weighted by Crippen LogP contribution is 2.31. The first-order valence-corrected chi connectivity index (χ1v) is 10.00. The van der Waals surface area contributed by atoms with E-state index in [2.05, 4.69) is 63.2 Å². The molecular formula is C16H9Br3ClN5O2. The van der Waals surface area contributed by atoms with Crippen LogP contribution in [-0.2, 0) is 0 Å². The average Bonchev–Trinajstić information content (AvgIpc) is 2.99. The molecule has 0 spiro atoms. The highest BCUT2D eigenvalue weighted by atomic mass is 79.9. The molecule has 2 aromatic heterocycles. The van der Waals surface area contributed by atoms with Gasteiger partial charge in [-0.1, -0.05) is 27.5 Å². The molecule has 0 fully saturated rings. The Morgan fingerprint density at radius 3 is 2.59 bits per heavy atom. The number of hydrogen-bond acceptors (Lipinski definition) is 4. The summed E-state index contributed by atoms with van der Waals surface area (Å²) in [5.41, 5.74) is 5.97. The molecule has 0 atom stereocenters. The van der Waals surface area contributed by atoms with Crippen molar-refractivity contribution in [3.8, 4) is 5.82 Å². The normalized spacial score (nSPS) is 10.7. The Balaban J connectivity index is 2.05. The van der Waals surface area contributed by atoms with Gasteiger partial charge in [0.25, 0.3) is 11.8 Å². The maximum Gasteiger partial charge on any atom is 0.274 e. The largest absolute Gasteiger partial charge is 0.366 e. The Bertz CT molecular complexity index is 1070. The fraction of sp³-hybridized carbons (Fsp3) is 0. The predicted octanol–water partition coefficient (Wildman–Crippen LogP) is 4.56. The van der Waals surface area contributed by atoms with Crippen LogP contribution in [0.25, 0.3) is 5.82 Å². The number of hydrogen-bond donors (Lipinski definition) is 2. The van der Waals surface area contributed by atoms with Crippen molar-refractivity contribution in [2.45, 2.75) is 0 Å². The molecule has 7 nitrogen and oxygen atoms in total. The van der Waals surface area contributed by atoms with Crippen molar-refractivity contribution in [2.75, 3.05) is 5.32 Å². The van der Waals surface area contributed by atoms with E-state index in [0.717, 1.165) is 0 Å². The number of aromatic nitrogens is 3. The molecule has 0 saturated heterocycles. The van der Waals surface area contributed by atoms with E-state index in [1.54, 1.807) is 18.2 Å². The molecule has 0 aliphatic heterocycles. The van der Waals surface area contributed by atoms with Gasteiger partial charge in [-0.05, 0) is 56.1 Å². The Morgan fingerprint density at radius 2 is 1.93 bits per heavy atom. The average molecular weight is 578 g/mol. The van der Waals surface area contributed by atoms with Crippen LogP contribution in [0.4, 0.5) is 5.69 Å². The van der Waals surface area contributed by atoms with Crippen LogP contribution in [0.2, 0.25) is 5.02 Å². The van der Waals surface area contributed by atoms with Crippen molar-refractivity contribution in [3.05, 3.63) is 66.4 Å². The summed E-state index contributed by atoms with van der Waals surface area (Å²) in [5, 5.41) is 7.22. The van der Waals surface area contributed by atoms with E-state index in [0.29, 0.717) is 24.4 Å². The van der Waals surface area contributed by atoms with E-state index < -0.39 is 11.8 Å². The monoisotopic (exact) mass is 575 g/mol. The van der Waals surface area contributed by atoms with Crippen molar-refractivity contribution in [1.29, 1.82) is 0 Å². The number of nitrogens with two attached hydrogens (primary N) is 1. The second-order valence-electron chi connectivity index (χ2n) is 5.20. The number of primary amides is 1. The fourth-order valence-electron chi connectivity index (χ4n) is 2.28. The third-order valence-corrected chi connectivity index (χ3v) is 5.18. The Morgan fingerprint density at radius 1 is 1.19 bits per heavy atom. The van der Waals surface area contributed by atoms with Crippen LogP contribution in [0.1, 0.15) is 20.8 Å². The molecule has 0 aliphatic carbocycles. The maximum atomic E-state index is 12.9. The maximum absolute atomic E-state index is 12.9. The quantitative estimate of drug-likeness (QED) is 0.474. The van der Waals surface area contributed by atoms with E-state index >= 15 is 0 Å². The molecule has 2 heterocycles. The number of nitrogens with one attached hydrogen (secondary N) is 1. The molecule has 3 N–H and O–H groups in total. The highest BCUT2D eigenvalue weighted by molar-refractivity contribution is 9.11. The molecule has 0 radical (unpaired) electrons. The number of nitrogens with zero attached hydrogens (tertiary/aromatic N) is 3. The van der Waals surface area contributed by atoms with Crippen LogP contribution in [0.3, 0.4) is 0 Å². The number of benzene rings is 1. The fourth-order valence-corrected chi connectivity index (χ4v) is 4.18. The van der Waals surface area contributed by atoms with Gasteiger partial charge in [0.2, 0.25) is 0 Å². The topological polar surface area (TPSA) is 103 Å². The third-order valence-electron chi connectivity index (χ3n) is 3.41. The van der Waals surface area contributed by atoms with Gasteiger partial charge in [-0.2, -0.15) is 5.10 Å². The number of anilines is 1. The predicted molar refractivity (Wildman–Crippen MR) is 112 cm³/mol. The van der Waals surface area contributed by atoms with Crippen LogP contribution >= 0.6 is 59.4 Å². The minimum atomic E-state index is -0.685. The number of pyridine rings is 1. The number of rotatable bonds is 4. The number of carbonyl (C=O) groups is 2. The lowest BCUT2D eigenvalue weighted by Gasteiger charge is -2.13. The summed E-state index contributed by atoms with van der Waals surface area (Å²) in [6.07, 6.45) is 1.54. The third kappa shape index (κ3) is 4.23. The van der Waals surface area contributed by atoms with Crippen LogP contribution in [0, 0.1) is 0 Å². The van der Waals surface area contributed by atoms with Gasteiger partial charge in [-0.3, -0.25) is 9.59 Å². The second-order valence-corrected chi connectivity index (χ2v) is 8.19. The van der Waals surface area contributed by atoms with E-state index in [1.165, 1.54) is 23.0 Å². The zero-order valence-corrected chi connectivity index (χ0v) is 18.7. The van der Waals surface area contributed by atoms with Crippen molar-refractivity contribution < 1.29 is 9.59 Å². The first-order chi connectivity index (χ1) is 12.8. The lowest BCUT2D eigenvalue weighted by Crippen LogP contribution is -2.21. The molecule has 0 saturated carbocycles. The van der Waals surface area contributed by atoms with Crippen LogP contribution in [0.15, 0.2) is 50.1 Å². The molecule has 1 aromatic carbocycles. The van der Waals surface area contributed by atoms with Gasteiger partial charge >= 0.3 is 0 Å². The summed E-state index contributed by atoms with van der Waals surface area (Å²) in [4.78, 5) is 28.8. The van der Waals surface area contributed by atoms with Gasteiger partial charge in [-0.25, -0.2) is 9.67 Å². The molecule has 0 bridgehead atoms. The van der Waals surface area contributed by atoms with Crippen molar-refractivity contribution >= 4 is 76.9 Å². The van der Waals surface area contributed by atoms with E-state index in [4.69, 9.17) is 17.3 Å². The van der Waals surface area contributed by atoms with Crippen molar-refractivity contribution in [3.63, 3.8) is 0 Å². The van der Waals surface area contributed by atoms with Crippen molar-refractivity contribution in [1.82, 2.24) is 14.8 Å². The summed E-state index contributed by atoms with van der Waals surface area (Å²) in [7, 11) is 0. The summed E-state index contributed by atoms with van der Waals surface area (Å²) in [6.45, 7) is 0. The minimum Gasteiger partial charge on any atom is -0.366 e. The van der Waals surface area contributed by atoms with E-state index in [-0.39, 0.29) is 16.9 Å². The summed E-state index contributed by atoms with van der Waals surface area (Å²) < 4.78 is 2.84. The molecule has 2 amide bonds. The summed E-state index contributed by atoms with van der Waals surface area (Å²) in [5.74, 6) is -0.921. The number of carbonyl (C=O) groups excluding carboxylic acids is 2. The molecule has 11 heteroatoms. The Kier molecular flexibility index (Phi) is 5.99. The van der Waals surface area contributed by atoms with E-state index in [1.807, 2.05) is 0 Å². The number of halogens is 4. The van der Waals surface area contributed by atoms with Gasteiger partial charge in [-0.15, -0.1) is 0 Å². The van der Waals surface area contributed by atoms with Crippen LogP contribution in [0.5, 0.6) is 0 Å². The molecule has 0 unspecified atom stereocenters. The van der Waals surface area contributed by atoms with Crippen LogP contribution in [-0.4, -0.2) is 26.6 Å². The first kappa shape index (κ1) is 20.0. The van der Waals surface area contributed by atoms with Gasteiger partial charge in [0.05, 0.1) is 16.3 Å². The zero-order valence-electron chi connectivity index (χ0n) is 13.2. The second kappa shape index (κ2) is 8.09. The molecule has 3 rings (SSSR count). The SMILES string of the molecule is NC(=O)c1cc(Br)cc(Br)c1NC(=O)c1cc(Br)nn1-c1ncccc1Cl. The zero-order chi connectivity index (χ0) is 19.7. The van der Waals surface area contributed by atoms with Gasteiger partial charge in [0.1, 0.15) is 10.3 Å². The molecule has 138 valence electrons. The molecular weight excluding hydrogens is 569 g/mol. The molecule has 0 aliphatic rings. The number of amides is 2. The van der Waals surface area contributed by atoms with Gasteiger partial charge < -0.3 is 11.1 Å². The van der Waals surface area contributed by atoms with Gasteiger partial charge in [0, 0.05) is 21.2 Å². The standard InChI is InChI=1S/C16H9Br3ClN5O2/c17-7-4-8(14(21)26)13(9(18)5-7)23-16(27)11-6-12(19)24-25(11)15-10(20)2-1-3-22-15/h1-6H,(H2,21,26)(H,23,27). The van der Waals surface area contributed by atoms with Crippen LogP contribution < -0.4 is 11.1 Å². The van der Waals surface area contributed by atoms with Crippen molar-refractivity contribution in [2.24, 2.45) is 5.73 Å². The Hall–Kier alpha value is -1.75. The Labute approximate surface area is 183 Å². The summed E-state index contributed by atoms with van der Waals surface area (Å²) >= 11 is 16.0. The minimum absolute atomic E-state index is 0.144.